The number of nitrogens with zero attached hydrogens (tertiary/aromatic N) is 3. The van der Waals surface area contributed by atoms with Gasteiger partial charge >= 0.3 is 0 Å². The molecule has 2 aromatic heterocycles. The molecule has 1 amide bonds. The Kier molecular flexibility index (Phi) is 6.21. The summed E-state index contributed by atoms with van der Waals surface area (Å²) >= 11 is 0. The van der Waals surface area contributed by atoms with E-state index in [0.717, 1.165) is 11.3 Å². The topological polar surface area (TPSA) is 96.1 Å². The van der Waals surface area contributed by atoms with Crippen LogP contribution in [0, 0.1) is 6.92 Å². The summed E-state index contributed by atoms with van der Waals surface area (Å²) in [6.07, 6.45) is 0. The number of ether oxygens (including phenoxy) is 3. The number of nitrogens with one attached hydrogen (secondary N) is 1. The van der Waals surface area contributed by atoms with E-state index >= 15 is 0 Å². The van der Waals surface area contributed by atoms with Gasteiger partial charge in [0.1, 0.15) is 12.3 Å². The first-order chi connectivity index (χ1) is 16.0. The molecule has 4 rings (SSSR count). The fourth-order valence-corrected chi connectivity index (χ4v) is 3.93. The van der Waals surface area contributed by atoms with Crippen LogP contribution >= 0.6 is 0 Å². The van der Waals surface area contributed by atoms with Crippen LogP contribution in [0.15, 0.2) is 47.3 Å². The van der Waals surface area contributed by atoms with Crippen LogP contribution in [0.4, 0.5) is 0 Å². The molecule has 4 aromatic rings. The first-order valence-electron chi connectivity index (χ1n) is 10.6. The van der Waals surface area contributed by atoms with Crippen LogP contribution in [-0.4, -0.2) is 40.9 Å². The molecule has 0 aliphatic rings. The molecule has 0 aliphatic heterocycles. The Morgan fingerprint density at radius 1 is 1.06 bits per heavy atom. The molecule has 0 radical (unpaired) electrons. The number of fused-ring (bicyclic) bond motifs is 3. The quantitative estimate of drug-likeness (QED) is 0.443. The van der Waals surface area contributed by atoms with Gasteiger partial charge in [-0.05, 0) is 26.0 Å². The molecule has 9 nitrogen and oxygen atoms in total. The van der Waals surface area contributed by atoms with Crippen molar-refractivity contribution in [3.8, 4) is 17.2 Å². The first kappa shape index (κ1) is 22.2. The smallest absolute Gasteiger partial charge is 0.273 e. The van der Waals surface area contributed by atoms with Gasteiger partial charge in [-0.15, -0.1) is 0 Å². The van der Waals surface area contributed by atoms with Crippen LogP contribution in [0.25, 0.3) is 16.6 Å². The summed E-state index contributed by atoms with van der Waals surface area (Å²) in [6, 6.07) is 12.6. The van der Waals surface area contributed by atoms with Crippen LogP contribution in [0.1, 0.15) is 18.2 Å². The van der Waals surface area contributed by atoms with E-state index in [1.165, 1.54) is 6.07 Å². The standard InChI is InChI=1S/C24H26N4O5/c1-5-33-19-9-7-6-8-16(19)13-25-23(30)14-27-18-12-21(32-4)20(31-3)11-17(18)24-26-22(29)10-15(2)28(24)27/h6-12H,5,13-14H2,1-4H3,(H,25,30). The SMILES string of the molecule is CCOc1ccccc1CNC(=O)Cn1c2cc(OC)c(OC)cc2c2nc(=O)cc(C)n21. The van der Waals surface area contributed by atoms with Crippen molar-refractivity contribution in [3.63, 3.8) is 0 Å². The Morgan fingerprint density at radius 2 is 1.79 bits per heavy atom. The van der Waals surface area contributed by atoms with Crippen LogP contribution in [0.2, 0.25) is 0 Å². The van der Waals surface area contributed by atoms with E-state index < -0.39 is 0 Å². The number of para-hydroxylation sites is 1. The zero-order chi connectivity index (χ0) is 23.5. The summed E-state index contributed by atoms with van der Waals surface area (Å²) < 4.78 is 20.1. The Labute approximate surface area is 190 Å². The Hall–Kier alpha value is -4.01. The number of hydrogen-bond acceptors (Lipinski definition) is 6. The van der Waals surface area contributed by atoms with Crippen molar-refractivity contribution in [2.45, 2.75) is 26.9 Å². The molecule has 33 heavy (non-hydrogen) atoms. The largest absolute Gasteiger partial charge is 0.494 e. The van der Waals surface area contributed by atoms with Gasteiger partial charge in [-0.3, -0.25) is 14.3 Å². The van der Waals surface area contributed by atoms with Crippen molar-refractivity contribution < 1.29 is 19.0 Å². The highest BCUT2D eigenvalue weighted by molar-refractivity contribution is 5.96. The Morgan fingerprint density at radius 3 is 2.52 bits per heavy atom. The highest BCUT2D eigenvalue weighted by atomic mass is 16.5. The van der Waals surface area contributed by atoms with Crippen LogP contribution in [-0.2, 0) is 17.9 Å². The molecule has 172 valence electrons. The number of aryl methyl sites for hydroxylation is 1. The third-order valence-electron chi connectivity index (χ3n) is 5.39. The van der Waals surface area contributed by atoms with Gasteiger partial charge < -0.3 is 19.5 Å². The highest BCUT2D eigenvalue weighted by Crippen LogP contribution is 2.34. The Balaban J connectivity index is 1.73. The summed E-state index contributed by atoms with van der Waals surface area (Å²) in [6.45, 7) is 4.60. The summed E-state index contributed by atoms with van der Waals surface area (Å²) in [5, 5.41) is 3.64. The second-order valence-electron chi connectivity index (χ2n) is 7.47. The van der Waals surface area contributed by atoms with E-state index in [1.807, 2.05) is 31.2 Å². The summed E-state index contributed by atoms with van der Waals surface area (Å²) in [4.78, 5) is 29.3. The number of hydrogen-bond donors (Lipinski definition) is 1. The van der Waals surface area contributed by atoms with Crippen molar-refractivity contribution in [1.29, 1.82) is 0 Å². The molecule has 2 aromatic carbocycles. The maximum atomic E-state index is 13.0. The van der Waals surface area contributed by atoms with Crippen molar-refractivity contribution in [2.24, 2.45) is 0 Å². The lowest BCUT2D eigenvalue weighted by molar-refractivity contribution is -0.122. The van der Waals surface area contributed by atoms with Crippen LogP contribution in [0.3, 0.4) is 0 Å². The number of methoxy groups -OCH3 is 2. The second-order valence-corrected chi connectivity index (χ2v) is 7.47. The van der Waals surface area contributed by atoms with E-state index in [2.05, 4.69) is 10.3 Å². The zero-order valence-corrected chi connectivity index (χ0v) is 19.0. The normalized spacial score (nSPS) is 11.0. The molecule has 0 saturated heterocycles. The highest BCUT2D eigenvalue weighted by Gasteiger charge is 2.19. The Bertz CT molecular complexity index is 1390. The number of amides is 1. The maximum absolute atomic E-state index is 13.0. The van der Waals surface area contributed by atoms with E-state index in [-0.39, 0.29) is 18.0 Å². The molecular weight excluding hydrogens is 424 g/mol. The minimum absolute atomic E-state index is 0.0116. The fourth-order valence-electron chi connectivity index (χ4n) is 3.93. The molecule has 0 saturated carbocycles. The summed E-state index contributed by atoms with van der Waals surface area (Å²) in [5.74, 6) is 1.57. The van der Waals surface area contributed by atoms with Gasteiger partial charge in [0.05, 0.1) is 26.3 Å². The van der Waals surface area contributed by atoms with E-state index in [9.17, 15) is 9.59 Å². The number of rotatable bonds is 8. The number of aromatic nitrogens is 3. The van der Waals surface area contributed by atoms with E-state index in [4.69, 9.17) is 14.2 Å². The predicted octanol–water partition coefficient (Wildman–Crippen LogP) is 2.69. The molecule has 0 fully saturated rings. The molecule has 0 spiro atoms. The van der Waals surface area contributed by atoms with Gasteiger partial charge in [0, 0.05) is 35.3 Å². The molecule has 1 N–H and O–H groups in total. The number of carbonyl (C=O) groups is 1. The molecule has 0 aliphatic carbocycles. The van der Waals surface area contributed by atoms with Gasteiger partial charge in [-0.25, -0.2) is 4.52 Å². The number of benzene rings is 2. The van der Waals surface area contributed by atoms with E-state index in [0.29, 0.717) is 46.9 Å². The average Bonchev–Trinajstić information content (AvgIpc) is 3.10. The van der Waals surface area contributed by atoms with Crippen LogP contribution < -0.4 is 25.1 Å². The van der Waals surface area contributed by atoms with Gasteiger partial charge in [0.15, 0.2) is 17.1 Å². The van der Waals surface area contributed by atoms with Gasteiger partial charge in [-0.2, -0.15) is 4.98 Å². The first-order valence-corrected chi connectivity index (χ1v) is 10.6. The second kappa shape index (κ2) is 9.23. The minimum atomic E-state index is -0.349. The maximum Gasteiger partial charge on any atom is 0.273 e. The van der Waals surface area contributed by atoms with Crippen molar-refractivity contribution in [3.05, 3.63) is 64.1 Å². The molecule has 0 atom stereocenters. The summed E-state index contributed by atoms with van der Waals surface area (Å²) in [5.41, 5.74) is 2.35. The third kappa shape index (κ3) is 4.21. The molecule has 9 heteroatoms. The lowest BCUT2D eigenvalue weighted by Gasteiger charge is -2.13. The van der Waals surface area contributed by atoms with Crippen molar-refractivity contribution in [2.75, 3.05) is 20.8 Å². The summed E-state index contributed by atoms with van der Waals surface area (Å²) in [7, 11) is 3.09. The van der Waals surface area contributed by atoms with Crippen molar-refractivity contribution in [1.82, 2.24) is 19.5 Å². The molecule has 2 heterocycles. The zero-order valence-electron chi connectivity index (χ0n) is 19.0. The average molecular weight is 450 g/mol. The van der Waals surface area contributed by atoms with Crippen LogP contribution in [0.5, 0.6) is 17.2 Å². The lowest BCUT2D eigenvalue weighted by atomic mass is 10.2. The number of carbonyl (C=O) groups excluding carboxylic acids is 1. The lowest BCUT2D eigenvalue weighted by Crippen LogP contribution is -2.29. The monoisotopic (exact) mass is 450 g/mol. The van der Waals surface area contributed by atoms with Gasteiger partial charge in [-0.1, -0.05) is 18.2 Å². The molecule has 0 bridgehead atoms. The van der Waals surface area contributed by atoms with Gasteiger partial charge in [0.25, 0.3) is 5.56 Å². The third-order valence-corrected chi connectivity index (χ3v) is 5.39. The minimum Gasteiger partial charge on any atom is -0.494 e. The molecule has 0 unspecified atom stereocenters. The predicted molar refractivity (Wildman–Crippen MR) is 124 cm³/mol. The van der Waals surface area contributed by atoms with Gasteiger partial charge in [0.2, 0.25) is 5.91 Å². The molecular formula is C24H26N4O5. The van der Waals surface area contributed by atoms with E-state index in [1.54, 1.807) is 42.5 Å². The fraction of sp³-hybridized carbons (Fsp3) is 0.292. The van der Waals surface area contributed by atoms with Crippen molar-refractivity contribution >= 4 is 22.5 Å².